The highest BCUT2D eigenvalue weighted by Gasteiger charge is 2.24. The standard InChI is InChI=1S/C17H28N2O/c1-17(2,3)16(18-4)9-10-19-11-12-20-15-8-6-5-7-14(15)13-19/h5-8,16,18H,9-13H2,1-4H3. The van der Waals surface area contributed by atoms with E-state index in [2.05, 4.69) is 56.2 Å². The van der Waals surface area contributed by atoms with Crippen molar-refractivity contribution in [1.82, 2.24) is 10.2 Å². The summed E-state index contributed by atoms with van der Waals surface area (Å²) in [5, 5.41) is 3.46. The lowest BCUT2D eigenvalue weighted by Crippen LogP contribution is -2.41. The van der Waals surface area contributed by atoms with E-state index in [0.717, 1.165) is 32.0 Å². The Morgan fingerprint density at radius 3 is 2.75 bits per heavy atom. The molecule has 0 aromatic heterocycles. The topological polar surface area (TPSA) is 24.5 Å². The van der Waals surface area contributed by atoms with Gasteiger partial charge in [0.25, 0.3) is 0 Å². The van der Waals surface area contributed by atoms with Gasteiger partial charge in [-0.05, 0) is 24.9 Å². The summed E-state index contributed by atoms with van der Waals surface area (Å²) in [5.74, 6) is 1.05. The molecule has 1 aliphatic heterocycles. The molecule has 112 valence electrons. The molecule has 0 spiro atoms. The molecule has 20 heavy (non-hydrogen) atoms. The fraction of sp³-hybridized carbons (Fsp3) is 0.647. The summed E-state index contributed by atoms with van der Waals surface area (Å²) < 4.78 is 5.82. The van der Waals surface area contributed by atoms with Gasteiger partial charge in [-0.15, -0.1) is 0 Å². The molecule has 1 unspecified atom stereocenters. The van der Waals surface area contributed by atoms with E-state index in [0.29, 0.717) is 11.5 Å². The molecule has 1 N–H and O–H groups in total. The molecule has 1 aromatic carbocycles. The second-order valence-corrected chi connectivity index (χ2v) is 6.73. The third-order valence-electron chi connectivity index (χ3n) is 4.16. The number of ether oxygens (including phenoxy) is 1. The minimum atomic E-state index is 0.301. The van der Waals surface area contributed by atoms with Gasteiger partial charge in [0.2, 0.25) is 0 Å². The molecule has 1 aliphatic rings. The summed E-state index contributed by atoms with van der Waals surface area (Å²) in [6, 6.07) is 8.93. The van der Waals surface area contributed by atoms with Gasteiger partial charge < -0.3 is 10.1 Å². The Balaban J connectivity index is 1.94. The first-order valence-corrected chi connectivity index (χ1v) is 7.61. The van der Waals surface area contributed by atoms with Gasteiger partial charge in [0, 0.05) is 31.2 Å². The Labute approximate surface area is 123 Å². The highest BCUT2D eigenvalue weighted by molar-refractivity contribution is 5.33. The average molecular weight is 276 g/mol. The van der Waals surface area contributed by atoms with Crippen molar-refractivity contribution in [3.05, 3.63) is 29.8 Å². The van der Waals surface area contributed by atoms with Crippen molar-refractivity contribution in [1.29, 1.82) is 0 Å². The van der Waals surface area contributed by atoms with Gasteiger partial charge in [-0.1, -0.05) is 39.0 Å². The zero-order valence-electron chi connectivity index (χ0n) is 13.3. The van der Waals surface area contributed by atoms with Crippen LogP contribution in [0.3, 0.4) is 0 Å². The molecule has 0 aliphatic carbocycles. The van der Waals surface area contributed by atoms with Crippen LogP contribution in [0, 0.1) is 5.41 Å². The number of hydrogen-bond donors (Lipinski definition) is 1. The number of hydrogen-bond acceptors (Lipinski definition) is 3. The highest BCUT2D eigenvalue weighted by atomic mass is 16.5. The Hall–Kier alpha value is -1.06. The molecule has 3 nitrogen and oxygen atoms in total. The molecule has 3 heteroatoms. The number of benzene rings is 1. The van der Waals surface area contributed by atoms with E-state index in [1.807, 2.05) is 6.07 Å². The van der Waals surface area contributed by atoms with Gasteiger partial charge in [0.1, 0.15) is 12.4 Å². The maximum absolute atomic E-state index is 5.82. The largest absolute Gasteiger partial charge is 0.492 e. The van der Waals surface area contributed by atoms with Gasteiger partial charge in [-0.25, -0.2) is 0 Å². The van der Waals surface area contributed by atoms with E-state index < -0.39 is 0 Å². The third-order valence-corrected chi connectivity index (χ3v) is 4.16. The van der Waals surface area contributed by atoms with E-state index in [-0.39, 0.29) is 0 Å². The summed E-state index contributed by atoms with van der Waals surface area (Å²) in [7, 11) is 2.07. The molecule has 0 amide bonds. The molecule has 0 saturated carbocycles. The maximum Gasteiger partial charge on any atom is 0.123 e. The Kier molecular flexibility index (Phi) is 5.06. The summed E-state index contributed by atoms with van der Waals surface area (Å²) in [6.45, 7) is 10.8. The predicted octanol–water partition coefficient (Wildman–Crippen LogP) is 2.91. The lowest BCUT2D eigenvalue weighted by Gasteiger charge is -2.32. The van der Waals surface area contributed by atoms with Crippen LogP contribution in [0.5, 0.6) is 5.75 Å². The van der Waals surface area contributed by atoms with Crippen LogP contribution in [0.15, 0.2) is 24.3 Å². The molecule has 2 rings (SSSR count). The Morgan fingerprint density at radius 2 is 2.05 bits per heavy atom. The predicted molar refractivity (Wildman–Crippen MR) is 84.1 cm³/mol. The number of nitrogens with one attached hydrogen (secondary N) is 1. The lowest BCUT2D eigenvalue weighted by atomic mass is 9.85. The molecule has 1 atom stereocenters. The van der Waals surface area contributed by atoms with Gasteiger partial charge in [0.05, 0.1) is 0 Å². The Morgan fingerprint density at radius 1 is 1.30 bits per heavy atom. The molecule has 0 radical (unpaired) electrons. The van der Waals surface area contributed by atoms with Crippen molar-refractivity contribution in [3.8, 4) is 5.75 Å². The van der Waals surface area contributed by atoms with Crippen LogP contribution in [-0.2, 0) is 6.54 Å². The molecular formula is C17H28N2O. The quantitative estimate of drug-likeness (QED) is 0.915. The highest BCUT2D eigenvalue weighted by Crippen LogP contribution is 2.24. The lowest BCUT2D eigenvalue weighted by molar-refractivity contribution is 0.191. The maximum atomic E-state index is 5.82. The number of nitrogens with zero attached hydrogens (tertiary/aromatic N) is 1. The first-order chi connectivity index (χ1) is 9.50. The van der Waals surface area contributed by atoms with Crippen molar-refractivity contribution in [2.75, 3.05) is 26.7 Å². The van der Waals surface area contributed by atoms with Crippen LogP contribution in [0.4, 0.5) is 0 Å². The minimum Gasteiger partial charge on any atom is -0.492 e. The third kappa shape index (κ3) is 3.97. The monoisotopic (exact) mass is 276 g/mol. The first kappa shape index (κ1) is 15.3. The van der Waals surface area contributed by atoms with Crippen LogP contribution in [-0.4, -0.2) is 37.7 Å². The molecular weight excluding hydrogens is 248 g/mol. The number of fused-ring (bicyclic) bond motifs is 1. The van der Waals surface area contributed by atoms with Gasteiger partial charge in [-0.3, -0.25) is 4.90 Å². The minimum absolute atomic E-state index is 0.301. The van der Waals surface area contributed by atoms with Gasteiger partial charge >= 0.3 is 0 Å². The van der Waals surface area contributed by atoms with E-state index >= 15 is 0 Å². The zero-order valence-corrected chi connectivity index (χ0v) is 13.3. The molecule has 0 fully saturated rings. The van der Waals surface area contributed by atoms with E-state index in [9.17, 15) is 0 Å². The summed E-state index contributed by atoms with van der Waals surface area (Å²) in [6.07, 6.45) is 1.17. The van der Waals surface area contributed by atoms with Crippen molar-refractivity contribution >= 4 is 0 Å². The van der Waals surface area contributed by atoms with Crippen LogP contribution in [0.2, 0.25) is 0 Å². The van der Waals surface area contributed by atoms with E-state index in [4.69, 9.17) is 4.74 Å². The molecule has 1 aromatic rings. The summed E-state index contributed by atoms with van der Waals surface area (Å²) >= 11 is 0. The van der Waals surface area contributed by atoms with Gasteiger partial charge in [0.15, 0.2) is 0 Å². The number of rotatable bonds is 4. The summed E-state index contributed by atoms with van der Waals surface area (Å²) in [5.41, 5.74) is 1.61. The van der Waals surface area contributed by atoms with Crippen molar-refractivity contribution in [3.63, 3.8) is 0 Å². The van der Waals surface area contributed by atoms with Crippen LogP contribution >= 0.6 is 0 Å². The molecule has 0 saturated heterocycles. The second-order valence-electron chi connectivity index (χ2n) is 6.73. The first-order valence-electron chi connectivity index (χ1n) is 7.61. The van der Waals surface area contributed by atoms with Crippen LogP contribution in [0.25, 0.3) is 0 Å². The fourth-order valence-corrected chi connectivity index (χ4v) is 2.89. The van der Waals surface area contributed by atoms with Gasteiger partial charge in [-0.2, -0.15) is 0 Å². The number of para-hydroxylation sites is 1. The Bertz CT molecular complexity index is 425. The van der Waals surface area contributed by atoms with E-state index in [1.165, 1.54) is 12.0 Å². The second kappa shape index (κ2) is 6.59. The fourth-order valence-electron chi connectivity index (χ4n) is 2.89. The molecule has 1 heterocycles. The average Bonchev–Trinajstić information content (AvgIpc) is 2.59. The van der Waals surface area contributed by atoms with Crippen LogP contribution < -0.4 is 10.1 Å². The normalized spacial score (nSPS) is 18.0. The summed E-state index contributed by atoms with van der Waals surface area (Å²) in [4.78, 5) is 2.50. The molecule has 0 bridgehead atoms. The smallest absolute Gasteiger partial charge is 0.123 e. The van der Waals surface area contributed by atoms with Crippen molar-refractivity contribution in [2.45, 2.75) is 39.8 Å². The SMILES string of the molecule is CNC(CCN1CCOc2ccccc2C1)C(C)(C)C. The van der Waals surface area contributed by atoms with Crippen molar-refractivity contribution < 1.29 is 4.74 Å². The van der Waals surface area contributed by atoms with E-state index in [1.54, 1.807) is 0 Å². The van der Waals surface area contributed by atoms with Crippen LogP contribution in [0.1, 0.15) is 32.8 Å². The van der Waals surface area contributed by atoms with Crippen molar-refractivity contribution in [2.24, 2.45) is 5.41 Å². The zero-order chi connectivity index (χ0) is 14.6.